The molecule has 0 aliphatic carbocycles. The highest BCUT2D eigenvalue weighted by atomic mass is 16.5. The van der Waals surface area contributed by atoms with Gasteiger partial charge in [0.05, 0.1) is 12.0 Å². The van der Waals surface area contributed by atoms with Gasteiger partial charge >= 0.3 is 0 Å². The van der Waals surface area contributed by atoms with Gasteiger partial charge in [0.15, 0.2) is 0 Å². The lowest BCUT2D eigenvalue weighted by Crippen LogP contribution is -2.37. The Bertz CT molecular complexity index is 979. The van der Waals surface area contributed by atoms with Gasteiger partial charge in [0.25, 0.3) is 5.91 Å². The third-order valence-electron chi connectivity index (χ3n) is 7.66. The standard InChI is InChI=1S/C25H33N5O3/c1-28-10-8-22(27-28)25(32)30-15-18-13-29(14-19(18)16-30)11-7-20(17-5-3-2-4-6-17)23-21(24(26)31)9-12-33-23/h2-6,8,10,18-21,23H,7,9,11-16H2,1H3,(H2,26,31)/t18?,19?,20-,21?,23?/m0/s1. The van der Waals surface area contributed by atoms with E-state index in [0.29, 0.717) is 30.6 Å². The molecule has 33 heavy (non-hydrogen) atoms. The Hall–Kier alpha value is -2.71. The Labute approximate surface area is 194 Å². The van der Waals surface area contributed by atoms with Crippen LogP contribution in [0.15, 0.2) is 42.6 Å². The van der Waals surface area contributed by atoms with Gasteiger partial charge in [-0.1, -0.05) is 30.3 Å². The summed E-state index contributed by atoms with van der Waals surface area (Å²) in [7, 11) is 1.83. The van der Waals surface area contributed by atoms with E-state index < -0.39 is 0 Å². The monoisotopic (exact) mass is 451 g/mol. The summed E-state index contributed by atoms with van der Waals surface area (Å²) >= 11 is 0. The molecule has 3 aliphatic rings. The van der Waals surface area contributed by atoms with Gasteiger partial charge in [0.1, 0.15) is 5.69 Å². The van der Waals surface area contributed by atoms with Crippen molar-refractivity contribution in [3.8, 4) is 0 Å². The lowest BCUT2D eigenvalue weighted by atomic mass is 9.83. The van der Waals surface area contributed by atoms with Gasteiger partial charge in [-0.2, -0.15) is 5.10 Å². The number of aryl methyl sites for hydroxylation is 1. The molecule has 5 atom stereocenters. The molecule has 5 rings (SSSR count). The average Bonchev–Trinajstić information content (AvgIpc) is 3.58. The molecule has 0 saturated carbocycles. The number of carbonyl (C=O) groups is 2. The van der Waals surface area contributed by atoms with Crippen molar-refractivity contribution >= 4 is 11.8 Å². The topological polar surface area (TPSA) is 93.7 Å². The van der Waals surface area contributed by atoms with Crippen LogP contribution >= 0.6 is 0 Å². The van der Waals surface area contributed by atoms with E-state index in [0.717, 1.165) is 39.1 Å². The number of rotatable bonds is 7. The SMILES string of the molecule is Cn1ccc(C(=O)N2CC3CN(CC[C@@H](c4ccccc4)C4OCCC4C(N)=O)CC3C2)n1. The molecule has 0 radical (unpaired) electrons. The molecule has 8 nitrogen and oxygen atoms in total. The predicted molar refractivity (Wildman–Crippen MR) is 123 cm³/mol. The number of primary amides is 1. The number of fused-ring (bicyclic) bond motifs is 1. The van der Waals surface area contributed by atoms with E-state index in [1.54, 1.807) is 10.7 Å². The van der Waals surface area contributed by atoms with Gasteiger partial charge in [-0.3, -0.25) is 14.3 Å². The van der Waals surface area contributed by atoms with Crippen molar-refractivity contribution in [2.24, 2.45) is 30.5 Å². The minimum atomic E-state index is -0.258. The fraction of sp³-hybridized carbons (Fsp3) is 0.560. The number of nitrogens with zero attached hydrogens (tertiary/aromatic N) is 4. The molecule has 176 valence electrons. The van der Waals surface area contributed by atoms with Crippen molar-refractivity contribution in [2.75, 3.05) is 39.3 Å². The molecule has 4 heterocycles. The minimum absolute atomic E-state index is 0.0385. The predicted octanol–water partition coefficient (Wildman–Crippen LogP) is 1.49. The second-order valence-electron chi connectivity index (χ2n) is 9.80. The number of ether oxygens (including phenoxy) is 1. The first-order valence-electron chi connectivity index (χ1n) is 12.0. The van der Waals surface area contributed by atoms with E-state index in [-0.39, 0.29) is 29.8 Å². The molecule has 2 N–H and O–H groups in total. The number of amides is 2. The molecular formula is C25H33N5O3. The molecule has 3 fully saturated rings. The Balaban J connectivity index is 1.20. The molecule has 1 aromatic heterocycles. The average molecular weight is 452 g/mol. The zero-order chi connectivity index (χ0) is 22.9. The van der Waals surface area contributed by atoms with Crippen LogP contribution < -0.4 is 5.73 Å². The second kappa shape index (κ2) is 9.27. The van der Waals surface area contributed by atoms with Gasteiger partial charge in [0, 0.05) is 51.9 Å². The van der Waals surface area contributed by atoms with Crippen molar-refractivity contribution in [3.63, 3.8) is 0 Å². The number of hydrogen-bond donors (Lipinski definition) is 1. The van der Waals surface area contributed by atoms with E-state index in [9.17, 15) is 9.59 Å². The van der Waals surface area contributed by atoms with E-state index >= 15 is 0 Å². The summed E-state index contributed by atoms with van der Waals surface area (Å²) in [5.74, 6) is 0.722. The largest absolute Gasteiger partial charge is 0.377 e. The summed E-state index contributed by atoms with van der Waals surface area (Å²) in [6.07, 6.45) is 3.29. The maximum Gasteiger partial charge on any atom is 0.274 e. The van der Waals surface area contributed by atoms with E-state index in [2.05, 4.69) is 22.1 Å². The number of carbonyl (C=O) groups excluding carboxylic acids is 2. The third-order valence-corrected chi connectivity index (χ3v) is 7.66. The lowest BCUT2D eigenvalue weighted by molar-refractivity contribution is -0.123. The summed E-state index contributed by atoms with van der Waals surface area (Å²) in [6.45, 7) is 5.15. The fourth-order valence-corrected chi connectivity index (χ4v) is 5.98. The van der Waals surface area contributed by atoms with Gasteiger partial charge in [-0.05, 0) is 42.9 Å². The van der Waals surface area contributed by atoms with Crippen LogP contribution in [0.4, 0.5) is 0 Å². The summed E-state index contributed by atoms with van der Waals surface area (Å²) in [4.78, 5) is 29.3. The van der Waals surface area contributed by atoms with Gasteiger partial charge in [-0.15, -0.1) is 0 Å². The maximum atomic E-state index is 12.8. The van der Waals surface area contributed by atoms with Crippen LogP contribution in [0.25, 0.3) is 0 Å². The first-order chi connectivity index (χ1) is 16.0. The highest BCUT2D eigenvalue weighted by Crippen LogP contribution is 2.37. The van der Waals surface area contributed by atoms with Gasteiger partial charge in [-0.25, -0.2) is 0 Å². The number of aromatic nitrogens is 2. The number of benzene rings is 1. The molecule has 2 aromatic rings. The molecule has 3 aliphatic heterocycles. The lowest BCUT2D eigenvalue weighted by Gasteiger charge is -2.29. The summed E-state index contributed by atoms with van der Waals surface area (Å²) in [5.41, 5.74) is 7.44. The molecule has 0 spiro atoms. The van der Waals surface area contributed by atoms with Crippen molar-refractivity contribution in [1.82, 2.24) is 19.6 Å². The number of likely N-dealkylation sites (tertiary alicyclic amines) is 2. The molecular weight excluding hydrogens is 418 g/mol. The molecule has 8 heteroatoms. The molecule has 2 amide bonds. The molecule has 0 bridgehead atoms. The van der Waals surface area contributed by atoms with Crippen molar-refractivity contribution < 1.29 is 14.3 Å². The van der Waals surface area contributed by atoms with E-state index in [1.165, 1.54) is 5.56 Å². The zero-order valence-electron chi connectivity index (χ0n) is 19.2. The van der Waals surface area contributed by atoms with E-state index in [4.69, 9.17) is 10.5 Å². The summed E-state index contributed by atoms with van der Waals surface area (Å²) in [6, 6.07) is 12.2. The Morgan fingerprint density at radius 1 is 1.12 bits per heavy atom. The molecule has 3 saturated heterocycles. The number of nitrogens with two attached hydrogens (primary N) is 1. The van der Waals surface area contributed by atoms with Crippen molar-refractivity contribution in [3.05, 3.63) is 53.9 Å². The quantitative estimate of drug-likeness (QED) is 0.688. The number of hydrogen-bond acceptors (Lipinski definition) is 5. The van der Waals surface area contributed by atoms with Crippen LogP contribution in [0, 0.1) is 17.8 Å². The van der Waals surface area contributed by atoms with Crippen LogP contribution in [0.2, 0.25) is 0 Å². The van der Waals surface area contributed by atoms with Crippen molar-refractivity contribution in [2.45, 2.75) is 24.9 Å². The highest BCUT2D eigenvalue weighted by Gasteiger charge is 2.43. The van der Waals surface area contributed by atoms with Crippen LogP contribution in [-0.2, 0) is 16.6 Å². The summed E-state index contributed by atoms with van der Waals surface area (Å²) in [5, 5.41) is 4.27. The second-order valence-corrected chi connectivity index (χ2v) is 9.80. The van der Waals surface area contributed by atoms with Crippen LogP contribution in [0.5, 0.6) is 0 Å². The van der Waals surface area contributed by atoms with E-state index in [1.807, 2.05) is 36.3 Å². The fourth-order valence-electron chi connectivity index (χ4n) is 5.98. The highest BCUT2D eigenvalue weighted by molar-refractivity contribution is 5.92. The van der Waals surface area contributed by atoms with Gasteiger partial charge in [0.2, 0.25) is 5.91 Å². The molecule has 4 unspecified atom stereocenters. The first kappa shape index (κ1) is 22.1. The Morgan fingerprint density at radius 3 is 2.48 bits per heavy atom. The van der Waals surface area contributed by atoms with Crippen LogP contribution in [-0.4, -0.2) is 76.8 Å². The summed E-state index contributed by atoms with van der Waals surface area (Å²) < 4.78 is 7.72. The Morgan fingerprint density at radius 2 is 1.85 bits per heavy atom. The maximum absolute atomic E-state index is 12.8. The zero-order valence-corrected chi connectivity index (χ0v) is 19.2. The first-order valence-corrected chi connectivity index (χ1v) is 12.0. The Kier molecular flexibility index (Phi) is 6.21. The minimum Gasteiger partial charge on any atom is -0.377 e. The van der Waals surface area contributed by atoms with Crippen LogP contribution in [0.3, 0.4) is 0 Å². The van der Waals surface area contributed by atoms with Gasteiger partial charge < -0.3 is 20.3 Å². The van der Waals surface area contributed by atoms with Crippen LogP contribution in [0.1, 0.15) is 34.8 Å². The smallest absolute Gasteiger partial charge is 0.274 e. The normalized spacial score (nSPS) is 28.2. The molecule has 1 aromatic carbocycles. The van der Waals surface area contributed by atoms with Crippen molar-refractivity contribution in [1.29, 1.82) is 0 Å². The third kappa shape index (κ3) is 4.54.